The predicted octanol–water partition coefficient (Wildman–Crippen LogP) is 7.56. The van der Waals surface area contributed by atoms with E-state index in [0.717, 1.165) is 47.8 Å². The van der Waals surface area contributed by atoms with Crippen molar-refractivity contribution in [2.45, 2.75) is 105 Å². The molecule has 1 aromatic heterocycles. The minimum Gasteiger partial charge on any atom is -0.465 e. The molecule has 1 N–H and O–H groups in total. The van der Waals surface area contributed by atoms with Crippen LogP contribution in [0.4, 0.5) is 11.4 Å². The van der Waals surface area contributed by atoms with Gasteiger partial charge in [0.25, 0.3) is 0 Å². The van der Waals surface area contributed by atoms with Crippen LogP contribution in [0.15, 0.2) is 52.6 Å². The molecule has 2 heterocycles. The molecule has 0 aliphatic carbocycles. The van der Waals surface area contributed by atoms with Crippen LogP contribution in [-0.2, 0) is 15.6 Å². The van der Waals surface area contributed by atoms with Gasteiger partial charge in [-0.1, -0.05) is 67.5 Å². The highest BCUT2D eigenvalue weighted by Gasteiger charge is 2.28. The van der Waals surface area contributed by atoms with Crippen LogP contribution in [-0.4, -0.2) is 60.0 Å². The van der Waals surface area contributed by atoms with E-state index in [4.69, 9.17) is 19.5 Å². The smallest absolute Gasteiger partial charge is 0.204 e. The van der Waals surface area contributed by atoms with Crippen LogP contribution in [0.2, 0.25) is 0 Å². The number of fused-ring (bicyclic) bond motifs is 1. The number of aliphatic imine (C=N–C) groups is 1. The van der Waals surface area contributed by atoms with Gasteiger partial charge in [0.1, 0.15) is 18.2 Å². The van der Waals surface area contributed by atoms with Gasteiger partial charge < -0.3 is 14.4 Å². The van der Waals surface area contributed by atoms with E-state index >= 15 is 0 Å². The Kier molecular flexibility index (Phi) is 10.9. The lowest BCUT2D eigenvalue weighted by molar-refractivity contribution is -0.0886. The summed E-state index contributed by atoms with van der Waals surface area (Å²) in [6, 6.07) is 14.8. The van der Waals surface area contributed by atoms with Crippen LogP contribution in [0.1, 0.15) is 110 Å². The van der Waals surface area contributed by atoms with Gasteiger partial charge in [0.05, 0.1) is 11.4 Å². The highest BCUT2D eigenvalue weighted by molar-refractivity contribution is 6.48. The third kappa shape index (κ3) is 8.00. The molecule has 0 fully saturated rings. The second kappa shape index (κ2) is 14.3. The number of rotatable bonds is 15. The predicted molar refractivity (Wildman–Crippen MR) is 186 cm³/mol. The average Bonchev–Trinajstić information content (AvgIpc) is 3.56. The number of ether oxygens (including phenoxy) is 2. The van der Waals surface area contributed by atoms with Crippen molar-refractivity contribution in [3.63, 3.8) is 0 Å². The number of nitrogens with one attached hydrogen (secondary N) is 1. The second-order valence-electron chi connectivity index (χ2n) is 13.5. The largest absolute Gasteiger partial charge is 0.465 e. The van der Waals surface area contributed by atoms with Crippen LogP contribution < -0.4 is 15.0 Å². The summed E-state index contributed by atoms with van der Waals surface area (Å²) in [5.41, 5.74) is 6.20. The molecule has 0 saturated heterocycles. The Morgan fingerprint density at radius 2 is 1.67 bits per heavy atom. The Bertz CT molecular complexity index is 1500. The van der Waals surface area contributed by atoms with Crippen LogP contribution >= 0.6 is 0 Å². The molecule has 4 rings (SSSR count). The number of benzene rings is 2. The van der Waals surface area contributed by atoms with E-state index < -0.39 is 0 Å². The molecule has 1 aliphatic heterocycles. The molecule has 0 radical (unpaired) electrons. The van der Waals surface area contributed by atoms with Crippen molar-refractivity contribution in [3.05, 3.63) is 65.2 Å². The molecule has 0 spiro atoms. The summed E-state index contributed by atoms with van der Waals surface area (Å²) < 4.78 is 12.6. The summed E-state index contributed by atoms with van der Waals surface area (Å²) >= 11 is 0. The number of aromatic nitrogens is 3. The highest BCUT2D eigenvalue weighted by Crippen LogP contribution is 2.39. The van der Waals surface area contributed by atoms with E-state index in [9.17, 15) is 0 Å². The number of hydrogen-bond donors (Lipinski definition) is 1. The van der Waals surface area contributed by atoms with E-state index in [1.54, 1.807) is 4.79 Å². The van der Waals surface area contributed by atoms with Crippen molar-refractivity contribution in [1.82, 2.24) is 20.2 Å². The Morgan fingerprint density at radius 3 is 2.29 bits per heavy atom. The van der Waals surface area contributed by atoms with Gasteiger partial charge in [0.2, 0.25) is 12.1 Å². The van der Waals surface area contributed by atoms with Crippen molar-refractivity contribution in [2.75, 3.05) is 32.3 Å². The van der Waals surface area contributed by atoms with Crippen molar-refractivity contribution in [2.24, 2.45) is 10.1 Å². The summed E-state index contributed by atoms with van der Waals surface area (Å²) in [5, 5.41) is 12.6. The molecule has 0 saturated carbocycles. The van der Waals surface area contributed by atoms with Crippen molar-refractivity contribution in [1.29, 1.82) is 0 Å². The first-order valence-corrected chi connectivity index (χ1v) is 16.3. The zero-order chi connectivity index (χ0) is 32.9. The molecule has 0 amide bonds. The normalized spacial score (nSPS) is 15.6. The van der Waals surface area contributed by atoms with Crippen LogP contribution in [0.5, 0.6) is 5.75 Å². The van der Waals surface area contributed by atoms with Crippen molar-refractivity contribution < 1.29 is 9.47 Å². The summed E-state index contributed by atoms with van der Waals surface area (Å²) in [6.07, 6.45) is 2.47. The van der Waals surface area contributed by atoms with Gasteiger partial charge in [0, 0.05) is 44.2 Å². The quantitative estimate of drug-likeness (QED) is 0.140. The maximum absolute atomic E-state index is 6.49. The molecule has 3 aromatic rings. The standard InChI is InChI=1S/C36H53N7O2/c1-12-31(45-30-20-15-26(35(6,7)13-2)21-29(30)36(8,9)14-3)44-23-37-22-24(4)33-39-34-32(25(5)40-43(34)41-33)38-27-16-18-28(19-17-27)42(10)11/h15-21,24,31,37H,12-14,22-23H2,1-11H3. The minimum atomic E-state index is -0.360. The minimum absolute atomic E-state index is 0.0111. The first kappa shape index (κ1) is 34.3. The molecule has 1 aliphatic rings. The molecule has 244 valence electrons. The lowest BCUT2D eigenvalue weighted by atomic mass is 9.76. The average molecular weight is 616 g/mol. The van der Waals surface area contributed by atoms with Crippen molar-refractivity contribution in [3.8, 4) is 5.75 Å². The Hall–Kier alpha value is -3.56. The van der Waals surface area contributed by atoms with Gasteiger partial charge >= 0.3 is 0 Å². The fourth-order valence-corrected chi connectivity index (χ4v) is 5.06. The summed E-state index contributed by atoms with van der Waals surface area (Å²) in [4.78, 5) is 13.3. The maximum atomic E-state index is 6.49. The highest BCUT2D eigenvalue weighted by atomic mass is 16.7. The molecule has 9 nitrogen and oxygen atoms in total. The zero-order valence-electron chi connectivity index (χ0n) is 29.2. The topological polar surface area (TPSA) is 89.2 Å². The number of nitrogens with zero attached hydrogens (tertiary/aromatic N) is 6. The molecule has 2 aromatic carbocycles. The van der Waals surface area contributed by atoms with Gasteiger partial charge in [-0.15, -0.1) is 9.89 Å². The van der Waals surface area contributed by atoms with Gasteiger partial charge in [0.15, 0.2) is 5.82 Å². The SMILES string of the molecule is CCC(OCNCC(C)c1nc2n(n1)N=C(C)C2=Nc1ccc(N(C)C)cc1)Oc1ccc(C(C)(C)CC)cc1C(C)(C)CC. The van der Waals surface area contributed by atoms with Gasteiger partial charge in [-0.2, -0.15) is 5.10 Å². The number of hydrogen-bond acceptors (Lipinski definition) is 8. The van der Waals surface area contributed by atoms with E-state index in [2.05, 4.69) is 106 Å². The monoisotopic (exact) mass is 615 g/mol. The number of anilines is 1. The van der Waals surface area contributed by atoms with E-state index in [-0.39, 0.29) is 23.0 Å². The Balaban J connectivity index is 1.37. The van der Waals surface area contributed by atoms with Gasteiger partial charge in [-0.3, -0.25) is 5.32 Å². The first-order valence-electron chi connectivity index (χ1n) is 16.3. The van der Waals surface area contributed by atoms with Gasteiger partial charge in [-0.05, 0) is 66.5 Å². The lowest BCUT2D eigenvalue weighted by Gasteiger charge is -2.31. The second-order valence-corrected chi connectivity index (χ2v) is 13.5. The van der Waals surface area contributed by atoms with Gasteiger partial charge in [-0.25, -0.2) is 9.98 Å². The molecule has 9 heteroatoms. The van der Waals surface area contributed by atoms with Crippen LogP contribution in [0.3, 0.4) is 0 Å². The maximum Gasteiger partial charge on any atom is 0.204 e. The summed E-state index contributed by atoms with van der Waals surface area (Å²) in [6.45, 7) is 20.8. The van der Waals surface area contributed by atoms with E-state index in [1.807, 2.05) is 33.2 Å². The van der Waals surface area contributed by atoms with Crippen LogP contribution in [0, 0.1) is 0 Å². The molecule has 2 unspecified atom stereocenters. The molecular formula is C36H53N7O2. The molecule has 0 bridgehead atoms. The zero-order valence-corrected chi connectivity index (χ0v) is 29.2. The fourth-order valence-electron chi connectivity index (χ4n) is 5.06. The van der Waals surface area contributed by atoms with Crippen molar-refractivity contribution >= 4 is 22.8 Å². The summed E-state index contributed by atoms with van der Waals surface area (Å²) in [7, 11) is 4.04. The molecule has 2 atom stereocenters. The third-order valence-electron chi connectivity index (χ3n) is 9.13. The van der Waals surface area contributed by atoms with E-state index in [1.165, 1.54) is 11.1 Å². The Morgan fingerprint density at radius 1 is 0.978 bits per heavy atom. The summed E-state index contributed by atoms with van der Waals surface area (Å²) in [5.74, 6) is 2.33. The lowest BCUT2D eigenvalue weighted by Crippen LogP contribution is -2.30. The fraction of sp³-hybridized carbons (Fsp3) is 0.556. The third-order valence-corrected chi connectivity index (χ3v) is 9.13. The molecule has 45 heavy (non-hydrogen) atoms. The first-order chi connectivity index (χ1) is 21.3. The van der Waals surface area contributed by atoms with Crippen LogP contribution in [0.25, 0.3) is 0 Å². The molecular weight excluding hydrogens is 562 g/mol. The van der Waals surface area contributed by atoms with E-state index in [0.29, 0.717) is 24.9 Å². The Labute approximate surface area is 270 Å².